The third kappa shape index (κ3) is 2.90. The summed E-state index contributed by atoms with van der Waals surface area (Å²) in [6, 6.07) is 13.6. The number of aryl methyl sites for hydroxylation is 1. The predicted molar refractivity (Wildman–Crippen MR) is 75.9 cm³/mol. The Hall–Kier alpha value is -1.80. The van der Waals surface area contributed by atoms with E-state index in [2.05, 4.69) is 5.32 Å². The number of carbonyl (C=O) groups excluding carboxylic acids is 1. The summed E-state index contributed by atoms with van der Waals surface area (Å²) in [7, 11) is 0. The number of rotatable bonds is 2. The van der Waals surface area contributed by atoms with Gasteiger partial charge >= 0.3 is 0 Å². The Morgan fingerprint density at radius 3 is 2.61 bits per heavy atom. The highest BCUT2D eigenvalue weighted by atomic mass is 35.5. The second-order valence-electron chi connectivity index (χ2n) is 4.25. The zero-order valence-corrected chi connectivity index (χ0v) is 11.1. The van der Waals surface area contributed by atoms with Gasteiger partial charge in [0.15, 0.2) is 0 Å². The van der Waals surface area contributed by atoms with Gasteiger partial charge in [0, 0.05) is 23.2 Å². The summed E-state index contributed by atoms with van der Waals surface area (Å²) >= 11 is 6.23. The SMILES string of the molecule is CC(=O)Nc1cccc(-c2ccc(C)cc2Cl)c1. The van der Waals surface area contributed by atoms with Crippen LogP contribution in [0.4, 0.5) is 5.69 Å². The first-order valence-electron chi connectivity index (χ1n) is 5.70. The number of benzene rings is 2. The summed E-state index contributed by atoms with van der Waals surface area (Å²) in [6.07, 6.45) is 0. The van der Waals surface area contributed by atoms with E-state index in [0.29, 0.717) is 0 Å². The molecule has 0 aliphatic rings. The fourth-order valence-electron chi connectivity index (χ4n) is 1.82. The van der Waals surface area contributed by atoms with Crippen LogP contribution in [0, 0.1) is 6.92 Å². The molecule has 0 atom stereocenters. The number of carbonyl (C=O) groups is 1. The number of halogens is 1. The molecular formula is C15H14ClNO. The van der Waals surface area contributed by atoms with E-state index < -0.39 is 0 Å². The summed E-state index contributed by atoms with van der Waals surface area (Å²) in [5.74, 6) is -0.0813. The Morgan fingerprint density at radius 1 is 1.17 bits per heavy atom. The highest BCUT2D eigenvalue weighted by Gasteiger charge is 2.05. The molecule has 2 aromatic rings. The summed E-state index contributed by atoms with van der Waals surface area (Å²) in [5.41, 5.74) is 3.86. The average Bonchev–Trinajstić information content (AvgIpc) is 2.28. The molecule has 3 heteroatoms. The maximum Gasteiger partial charge on any atom is 0.221 e. The molecule has 1 N–H and O–H groups in total. The average molecular weight is 260 g/mol. The quantitative estimate of drug-likeness (QED) is 0.857. The maximum atomic E-state index is 11.0. The summed E-state index contributed by atoms with van der Waals surface area (Å²) in [6.45, 7) is 3.49. The molecule has 1 amide bonds. The molecule has 0 spiro atoms. The maximum absolute atomic E-state index is 11.0. The number of hydrogen-bond acceptors (Lipinski definition) is 1. The summed E-state index contributed by atoms with van der Waals surface area (Å²) in [4.78, 5) is 11.0. The largest absolute Gasteiger partial charge is 0.326 e. The molecule has 0 saturated carbocycles. The molecule has 92 valence electrons. The molecule has 0 saturated heterocycles. The molecule has 2 nitrogen and oxygen atoms in total. The fourth-order valence-corrected chi connectivity index (χ4v) is 2.17. The Bertz CT molecular complexity index is 593. The van der Waals surface area contributed by atoms with Crippen LogP contribution in [0.2, 0.25) is 5.02 Å². The van der Waals surface area contributed by atoms with Crippen molar-refractivity contribution in [2.75, 3.05) is 5.32 Å². The monoisotopic (exact) mass is 259 g/mol. The van der Waals surface area contributed by atoms with Crippen LogP contribution >= 0.6 is 11.6 Å². The van der Waals surface area contributed by atoms with Crippen LogP contribution in [-0.2, 0) is 4.79 Å². The van der Waals surface area contributed by atoms with Crippen molar-refractivity contribution in [1.82, 2.24) is 0 Å². The normalized spacial score (nSPS) is 10.2. The zero-order chi connectivity index (χ0) is 13.1. The standard InChI is InChI=1S/C15H14ClNO/c1-10-6-7-14(15(16)8-10)12-4-3-5-13(9-12)17-11(2)18/h3-9H,1-2H3,(H,17,18). The van der Waals surface area contributed by atoms with E-state index in [1.165, 1.54) is 6.92 Å². The molecule has 0 aliphatic heterocycles. The van der Waals surface area contributed by atoms with Gasteiger partial charge in [0.1, 0.15) is 0 Å². The minimum Gasteiger partial charge on any atom is -0.326 e. The lowest BCUT2D eigenvalue weighted by molar-refractivity contribution is -0.114. The molecule has 18 heavy (non-hydrogen) atoms. The van der Waals surface area contributed by atoms with E-state index in [-0.39, 0.29) is 5.91 Å². The van der Waals surface area contributed by atoms with Gasteiger partial charge in [-0.1, -0.05) is 35.9 Å². The van der Waals surface area contributed by atoms with E-state index in [1.807, 2.05) is 49.4 Å². The van der Waals surface area contributed by atoms with Crippen molar-refractivity contribution in [2.24, 2.45) is 0 Å². The van der Waals surface area contributed by atoms with Crippen molar-refractivity contribution in [2.45, 2.75) is 13.8 Å². The van der Waals surface area contributed by atoms with Crippen molar-refractivity contribution in [3.63, 3.8) is 0 Å². The summed E-state index contributed by atoms with van der Waals surface area (Å²) < 4.78 is 0. The van der Waals surface area contributed by atoms with Crippen LogP contribution in [0.5, 0.6) is 0 Å². The lowest BCUT2D eigenvalue weighted by atomic mass is 10.0. The first-order valence-corrected chi connectivity index (χ1v) is 6.08. The minimum absolute atomic E-state index is 0.0813. The first kappa shape index (κ1) is 12.7. The molecule has 0 radical (unpaired) electrons. The second kappa shape index (κ2) is 5.23. The van der Waals surface area contributed by atoms with E-state index in [1.54, 1.807) is 0 Å². The Morgan fingerprint density at radius 2 is 1.94 bits per heavy atom. The van der Waals surface area contributed by atoms with Crippen LogP contribution in [0.25, 0.3) is 11.1 Å². The van der Waals surface area contributed by atoms with E-state index in [0.717, 1.165) is 27.4 Å². The molecule has 0 aliphatic carbocycles. The van der Waals surface area contributed by atoms with E-state index in [4.69, 9.17) is 11.6 Å². The third-order valence-corrected chi connectivity index (χ3v) is 2.93. The molecule has 0 heterocycles. The van der Waals surface area contributed by atoms with Gasteiger partial charge < -0.3 is 5.32 Å². The summed E-state index contributed by atoms with van der Waals surface area (Å²) in [5, 5.41) is 3.48. The van der Waals surface area contributed by atoms with Gasteiger partial charge in [-0.25, -0.2) is 0 Å². The fraction of sp³-hybridized carbons (Fsp3) is 0.133. The van der Waals surface area contributed by atoms with Gasteiger partial charge in [-0.3, -0.25) is 4.79 Å². The lowest BCUT2D eigenvalue weighted by Crippen LogP contribution is -2.05. The second-order valence-corrected chi connectivity index (χ2v) is 4.65. The van der Waals surface area contributed by atoms with Gasteiger partial charge in [-0.05, 0) is 36.2 Å². The van der Waals surface area contributed by atoms with Crippen molar-refractivity contribution in [3.05, 3.63) is 53.1 Å². The number of nitrogens with one attached hydrogen (secondary N) is 1. The van der Waals surface area contributed by atoms with Gasteiger partial charge in [-0.2, -0.15) is 0 Å². The van der Waals surface area contributed by atoms with Gasteiger partial charge in [0.2, 0.25) is 5.91 Å². The van der Waals surface area contributed by atoms with Crippen LogP contribution < -0.4 is 5.32 Å². The smallest absolute Gasteiger partial charge is 0.221 e. The first-order chi connectivity index (χ1) is 8.56. The third-order valence-electron chi connectivity index (χ3n) is 2.62. The number of anilines is 1. The topological polar surface area (TPSA) is 29.1 Å². The van der Waals surface area contributed by atoms with Crippen LogP contribution in [0.1, 0.15) is 12.5 Å². The van der Waals surface area contributed by atoms with E-state index in [9.17, 15) is 4.79 Å². The van der Waals surface area contributed by atoms with Gasteiger partial charge in [-0.15, -0.1) is 0 Å². The van der Waals surface area contributed by atoms with Gasteiger partial charge in [0.05, 0.1) is 0 Å². The van der Waals surface area contributed by atoms with Crippen molar-refractivity contribution in [3.8, 4) is 11.1 Å². The van der Waals surface area contributed by atoms with Crippen molar-refractivity contribution in [1.29, 1.82) is 0 Å². The molecule has 0 unspecified atom stereocenters. The molecule has 0 bridgehead atoms. The molecule has 0 aromatic heterocycles. The van der Waals surface area contributed by atoms with Crippen LogP contribution in [-0.4, -0.2) is 5.91 Å². The van der Waals surface area contributed by atoms with Crippen molar-refractivity contribution >= 4 is 23.2 Å². The van der Waals surface area contributed by atoms with E-state index >= 15 is 0 Å². The van der Waals surface area contributed by atoms with Crippen molar-refractivity contribution < 1.29 is 4.79 Å². The highest BCUT2D eigenvalue weighted by Crippen LogP contribution is 2.30. The minimum atomic E-state index is -0.0813. The van der Waals surface area contributed by atoms with Gasteiger partial charge in [0.25, 0.3) is 0 Å². The number of hydrogen-bond donors (Lipinski definition) is 1. The molecule has 2 aromatic carbocycles. The molecule has 2 rings (SSSR count). The van der Waals surface area contributed by atoms with Crippen LogP contribution in [0.15, 0.2) is 42.5 Å². The molecular weight excluding hydrogens is 246 g/mol. The molecule has 0 fully saturated rings. The Kier molecular flexibility index (Phi) is 3.68. The Labute approximate surface area is 112 Å². The number of amides is 1. The predicted octanol–water partition coefficient (Wildman–Crippen LogP) is 4.27. The zero-order valence-electron chi connectivity index (χ0n) is 10.3. The lowest BCUT2D eigenvalue weighted by Gasteiger charge is -2.08. The highest BCUT2D eigenvalue weighted by molar-refractivity contribution is 6.33. The van der Waals surface area contributed by atoms with Crippen LogP contribution in [0.3, 0.4) is 0 Å². The Balaban J connectivity index is 2.41.